The van der Waals surface area contributed by atoms with Crippen LogP contribution in [0.15, 0.2) is 42.5 Å². The van der Waals surface area contributed by atoms with Crippen LogP contribution < -0.4 is 4.74 Å². The Morgan fingerprint density at radius 3 is 2.57 bits per heavy atom. The summed E-state index contributed by atoms with van der Waals surface area (Å²) in [6.07, 6.45) is 0. The minimum absolute atomic E-state index is 0.172. The van der Waals surface area contributed by atoms with Crippen molar-refractivity contribution in [2.45, 2.75) is 6.92 Å². The van der Waals surface area contributed by atoms with Gasteiger partial charge in [-0.15, -0.1) is 0 Å². The van der Waals surface area contributed by atoms with Crippen molar-refractivity contribution in [1.82, 2.24) is 4.90 Å². The van der Waals surface area contributed by atoms with E-state index in [-0.39, 0.29) is 19.1 Å². The lowest BCUT2D eigenvalue weighted by atomic mass is 10.1. The molecule has 0 saturated heterocycles. The zero-order valence-electron chi connectivity index (χ0n) is 11.8. The topological polar surface area (TPSA) is 66.8 Å². The van der Waals surface area contributed by atoms with Crippen LogP contribution in [0.3, 0.4) is 0 Å². The Hall–Kier alpha value is -2.56. The van der Waals surface area contributed by atoms with Crippen molar-refractivity contribution in [3.05, 3.63) is 42.5 Å². The minimum Gasteiger partial charge on any atom is -0.483 e. The first-order chi connectivity index (χ1) is 10.1. The molecule has 0 spiro atoms. The van der Waals surface area contributed by atoms with Crippen molar-refractivity contribution >= 4 is 22.6 Å². The molecule has 0 bridgehead atoms. The highest BCUT2D eigenvalue weighted by atomic mass is 16.5. The summed E-state index contributed by atoms with van der Waals surface area (Å²) in [4.78, 5) is 23.9. The van der Waals surface area contributed by atoms with Crippen molar-refractivity contribution in [1.29, 1.82) is 0 Å². The summed E-state index contributed by atoms with van der Waals surface area (Å²) < 4.78 is 5.56. The van der Waals surface area contributed by atoms with Gasteiger partial charge >= 0.3 is 5.97 Å². The summed E-state index contributed by atoms with van der Waals surface area (Å²) in [5.41, 5.74) is 0. The van der Waals surface area contributed by atoms with E-state index in [0.29, 0.717) is 12.3 Å². The number of rotatable bonds is 6. The van der Waals surface area contributed by atoms with E-state index in [1.807, 2.05) is 36.4 Å². The molecule has 2 aromatic rings. The number of benzene rings is 2. The predicted molar refractivity (Wildman–Crippen MR) is 79.3 cm³/mol. The van der Waals surface area contributed by atoms with E-state index in [9.17, 15) is 9.59 Å². The SMILES string of the molecule is CCN(CC(=O)O)C(=O)COc1cccc2ccccc12. The van der Waals surface area contributed by atoms with Gasteiger partial charge in [0.15, 0.2) is 6.61 Å². The first-order valence-corrected chi connectivity index (χ1v) is 6.72. The zero-order chi connectivity index (χ0) is 15.2. The van der Waals surface area contributed by atoms with Crippen LogP contribution >= 0.6 is 0 Å². The quantitative estimate of drug-likeness (QED) is 0.884. The fourth-order valence-corrected chi connectivity index (χ4v) is 2.09. The maximum atomic E-state index is 12.0. The van der Waals surface area contributed by atoms with Gasteiger partial charge in [-0.25, -0.2) is 0 Å². The maximum absolute atomic E-state index is 12.0. The summed E-state index contributed by atoms with van der Waals surface area (Å²) in [5.74, 6) is -0.754. The van der Waals surface area contributed by atoms with Crippen LogP contribution in [0.1, 0.15) is 6.92 Å². The number of amides is 1. The summed E-state index contributed by atoms with van der Waals surface area (Å²) in [7, 11) is 0. The molecule has 5 heteroatoms. The molecule has 0 heterocycles. The Labute approximate surface area is 122 Å². The molecule has 110 valence electrons. The highest BCUT2D eigenvalue weighted by Crippen LogP contribution is 2.25. The fourth-order valence-electron chi connectivity index (χ4n) is 2.09. The maximum Gasteiger partial charge on any atom is 0.323 e. The van der Waals surface area contributed by atoms with Gasteiger partial charge in [0.25, 0.3) is 5.91 Å². The van der Waals surface area contributed by atoms with Crippen molar-refractivity contribution in [2.75, 3.05) is 19.7 Å². The largest absolute Gasteiger partial charge is 0.483 e. The average molecular weight is 287 g/mol. The third-order valence-corrected chi connectivity index (χ3v) is 3.16. The lowest BCUT2D eigenvalue weighted by molar-refractivity contribution is -0.145. The van der Waals surface area contributed by atoms with E-state index in [2.05, 4.69) is 0 Å². The standard InChI is InChI=1S/C16H17NO4/c1-2-17(10-16(19)20)15(18)11-21-14-9-5-7-12-6-3-4-8-13(12)14/h3-9H,2,10-11H2,1H3,(H,19,20). The molecule has 0 aliphatic carbocycles. The monoisotopic (exact) mass is 287 g/mol. The van der Waals surface area contributed by atoms with E-state index in [1.54, 1.807) is 13.0 Å². The van der Waals surface area contributed by atoms with E-state index in [4.69, 9.17) is 9.84 Å². The molecule has 0 atom stereocenters. The van der Waals surface area contributed by atoms with E-state index < -0.39 is 5.97 Å². The summed E-state index contributed by atoms with van der Waals surface area (Å²) in [6, 6.07) is 13.3. The second-order valence-corrected chi connectivity index (χ2v) is 4.57. The van der Waals surface area contributed by atoms with Gasteiger partial charge in [0.05, 0.1) is 0 Å². The van der Waals surface area contributed by atoms with Crippen molar-refractivity contribution in [3.8, 4) is 5.75 Å². The second-order valence-electron chi connectivity index (χ2n) is 4.57. The molecule has 2 aromatic carbocycles. The van der Waals surface area contributed by atoms with Crippen LogP contribution in [0.2, 0.25) is 0 Å². The number of carbonyl (C=O) groups excluding carboxylic acids is 1. The van der Waals surface area contributed by atoms with Crippen LogP contribution in [0, 0.1) is 0 Å². The molecule has 5 nitrogen and oxygen atoms in total. The number of aliphatic carboxylic acids is 1. The van der Waals surface area contributed by atoms with Gasteiger partial charge in [-0.2, -0.15) is 0 Å². The smallest absolute Gasteiger partial charge is 0.323 e. The molecule has 0 aromatic heterocycles. The minimum atomic E-state index is -1.03. The number of nitrogens with zero attached hydrogens (tertiary/aromatic N) is 1. The van der Waals surface area contributed by atoms with Crippen LogP contribution in [0.4, 0.5) is 0 Å². The molecule has 21 heavy (non-hydrogen) atoms. The van der Waals surface area contributed by atoms with Gasteiger partial charge in [-0.1, -0.05) is 36.4 Å². The first kappa shape index (κ1) is 14.8. The van der Waals surface area contributed by atoms with Gasteiger partial charge in [0.2, 0.25) is 0 Å². The third kappa shape index (κ3) is 3.72. The molecule has 0 radical (unpaired) electrons. The van der Waals surface area contributed by atoms with E-state index in [1.165, 1.54) is 4.90 Å². The highest BCUT2D eigenvalue weighted by Gasteiger charge is 2.15. The Morgan fingerprint density at radius 2 is 1.86 bits per heavy atom. The number of likely N-dealkylation sites (N-methyl/N-ethyl adjacent to an activating group) is 1. The number of fused-ring (bicyclic) bond motifs is 1. The Balaban J connectivity index is 2.07. The molecule has 1 amide bonds. The molecule has 0 aliphatic rings. The van der Waals surface area contributed by atoms with Crippen LogP contribution in [0.5, 0.6) is 5.75 Å². The summed E-state index contributed by atoms with van der Waals surface area (Å²) in [6.45, 7) is 1.59. The number of hydrogen-bond donors (Lipinski definition) is 1. The zero-order valence-corrected chi connectivity index (χ0v) is 11.8. The first-order valence-electron chi connectivity index (χ1n) is 6.72. The molecule has 1 N–H and O–H groups in total. The number of ether oxygens (including phenoxy) is 1. The number of carbonyl (C=O) groups is 2. The summed E-state index contributed by atoms with van der Waals surface area (Å²) in [5, 5.41) is 10.7. The molecular formula is C16H17NO4. The van der Waals surface area contributed by atoms with Crippen LogP contribution in [0.25, 0.3) is 10.8 Å². The average Bonchev–Trinajstić information content (AvgIpc) is 2.50. The lowest BCUT2D eigenvalue weighted by Gasteiger charge is -2.19. The van der Waals surface area contributed by atoms with Crippen molar-refractivity contribution in [2.24, 2.45) is 0 Å². The molecular weight excluding hydrogens is 270 g/mol. The normalized spacial score (nSPS) is 10.3. The number of carboxylic acids is 1. The predicted octanol–water partition coefficient (Wildman–Crippen LogP) is 2.15. The molecule has 0 aliphatic heterocycles. The van der Waals surface area contributed by atoms with Gasteiger partial charge in [-0.3, -0.25) is 9.59 Å². The van der Waals surface area contributed by atoms with Gasteiger partial charge in [0, 0.05) is 11.9 Å². The van der Waals surface area contributed by atoms with Gasteiger partial charge in [0.1, 0.15) is 12.3 Å². The molecule has 0 fully saturated rings. The highest BCUT2D eigenvalue weighted by molar-refractivity contribution is 5.89. The van der Waals surface area contributed by atoms with Gasteiger partial charge < -0.3 is 14.7 Å². The fraction of sp³-hybridized carbons (Fsp3) is 0.250. The Morgan fingerprint density at radius 1 is 1.14 bits per heavy atom. The van der Waals surface area contributed by atoms with E-state index in [0.717, 1.165) is 10.8 Å². The van der Waals surface area contributed by atoms with E-state index >= 15 is 0 Å². The van der Waals surface area contributed by atoms with Crippen LogP contribution in [-0.4, -0.2) is 41.6 Å². The second kappa shape index (κ2) is 6.74. The molecule has 0 saturated carbocycles. The van der Waals surface area contributed by atoms with Gasteiger partial charge in [-0.05, 0) is 18.4 Å². The molecule has 0 unspecified atom stereocenters. The molecule has 2 rings (SSSR count). The Kier molecular flexibility index (Phi) is 4.77. The number of carboxylic acid groups (broad SMARTS) is 1. The summed E-state index contributed by atoms with van der Waals surface area (Å²) >= 11 is 0. The van der Waals surface area contributed by atoms with Crippen LogP contribution in [-0.2, 0) is 9.59 Å². The number of hydrogen-bond acceptors (Lipinski definition) is 3. The Bertz CT molecular complexity index is 648. The third-order valence-electron chi connectivity index (χ3n) is 3.16. The van der Waals surface area contributed by atoms with Crippen molar-refractivity contribution < 1.29 is 19.4 Å². The van der Waals surface area contributed by atoms with Crippen molar-refractivity contribution in [3.63, 3.8) is 0 Å². The lowest BCUT2D eigenvalue weighted by Crippen LogP contribution is -2.38.